The molecule has 2 aromatic carbocycles. The standard InChI is InChI=1S/C15H14ClN3O2/c1-18-15(21)12-7-4-10(16)8-13(12)19-11-5-2-9(3-6-11)14(17)20/h2-8,19H,1H3,(H2,17,20)(H,18,21). The van der Waals surface area contributed by atoms with Crippen LogP contribution in [0.3, 0.4) is 0 Å². The Labute approximate surface area is 127 Å². The van der Waals surface area contributed by atoms with Gasteiger partial charge in [-0.05, 0) is 42.5 Å². The second kappa shape index (κ2) is 6.28. The Hall–Kier alpha value is -2.53. The zero-order chi connectivity index (χ0) is 15.4. The molecule has 0 aromatic heterocycles. The number of halogens is 1. The van der Waals surface area contributed by atoms with E-state index in [9.17, 15) is 9.59 Å². The number of benzene rings is 2. The third-order valence-corrected chi connectivity index (χ3v) is 3.14. The molecule has 4 N–H and O–H groups in total. The maximum atomic E-state index is 11.8. The molecule has 2 amide bonds. The first-order valence-electron chi connectivity index (χ1n) is 6.20. The van der Waals surface area contributed by atoms with Gasteiger partial charge in [0.25, 0.3) is 5.91 Å². The lowest BCUT2D eigenvalue weighted by Gasteiger charge is -2.12. The van der Waals surface area contributed by atoms with E-state index < -0.39 is 5.91 Å². The molecule has 108 valence electrons. The summed E-state index contributed by atoms with van der Waals surface area (Å²) in [5.41, 5.74) is 7.37. The van der Waals surface area contributed by atoms with Crippen LogP contribution in [0.1, 0.15) is 20.7 Å². The van der Waals surface area contributed by atoms with Crippen LogP contribution < -0.4 is 16.4 Å². The minimum Gasteiger partial charge on any atom is -0.366 e. The largest absolute Gasteiger partial charge is 0.366 e. The molecule has 0 atom stereocenters. The van der Waals surface area contributed by atoms with Crippen molar-refractivity contribution in [1.29, 1.82) is 0 Å². The Morgan fingerprint density at radius 1 is 1.10 bits per heavy atom. The van der Waals surface area contributed by atoms with E-state index in [1.807, 2.05) is 0 Å². The second-order valence-corrected chi connectivity index (χ2v) is 4.77. The van der Waals surface area contributed by atoms with Crippen molar-refractivity contribution in [2.75, 3.05) is 12.4 Å². The molecule has 0 heterocycles. The molecule has 0 fully saturated rings. The quantitative estimate of drug-likeness (QED) is 0.811. The van der Waals surface area contributed by atoms with Crippen LogP contribution in [0.4, 0.5) is 11.4 Å². The van der Waals surface area contributed by atoms with Gasteiger partial charge in [0.2, 0.25) is 5.91 Å². The summed E-state index contributed by atoms with van der Waals surface area (Å²) < 4.78 is 0. The average Bonchev–Trinajstić information content (AvgIpc) is 2.47. The molecule has 0 unspecified atom stereocenters. The number of nitrogens with one attached hydrogen (secondary N) is 2. The summed E-state index contributed by atoms with van der Waals surface area (Å²) in [6.45, 7) is 0. The monoisotopic (exact) mass is 303 g/mol. The SMILES string of the molecule is CNC(=O)c1ccc(Cl)cc1Nc1ccc(C(N)=O)cc1. The summed E-state index contributed by atoms with van der Waals surface area (Å²) in [7, 11) is 1.56. The van der Waals surface area contributed by atoms with Crippen LogP contribution >= 0.6 is 11.6 Å². The summed E-state index contributed by atoms with van der Waals surface area (Å²) in [6.07, 6.45) is 0. The van der Waals surface area contributed by atoms with Gasteiger partial charge in [0.1, 0.15) is 0 Å². The van der Waals surface area contributed by atoms with E-state index >= 15 is 0 Å². The van der Waals surface area contributed by atoms with Crippen LogP contribution in [0.25, 0.3) is 0 Å². The minimum atomic E-state index is -0.490. The number of anilines is 2. The van der Waals surface area contributed by atoms with Gasteiger partial charge in [-0.25, -0.2) is 0 Å². The highest BCUT2D eigenvalue weighted by molar-refractivity contribution is 6.31. The van der Waals surface area contributed by atoms with E-state index in [1.165, 1.54) is 0 Å². The van der Waals surface area contributed by atoms with Gasteiger partial charge in [0.05, 0.1) is 11.3 Å². The van der Waals surface area contributed by atoms with Gasteiger partial charge in [-0.3, -0.25) is 9.59 Å². The van der Waals surface area contributed by atoms with Gasteiger partial charge in [0, 0.05) is 23.3 Å². The molecule has 0 saturated heterocycles. The van der Waals surface area contributed by atoms with Crippen molar-refractivity contribution in [1.82, 2.24) is 5.32 Å². The first-order chi connectivity index (χ1) is 10.0. The predicted molar refractivity (Wildman–Crippen MR) is 83.1 cm³/mol. The van der Waals surface area contributed by atoms with Crippen molar-refractivity contribution in [2.24, 2.45) is 5.73 Å². The van der Waals surface area contributed by atoms with Gasteiger partial charge in [-0.2, -0.15) is 0 Å². The Bertz CT molecular complexity index is 684. The number of rotatable bonds is 4. The molecule has 5 nitrogen and oxygen atoms in total. The first-order valence-corrected chi connectivity index (χ1v) is 6.57. The summed E-state index contributed by atoms with van der Waals surface area (Å²) in [5.74, 6) is -0.710. The van der Waals surface area contributed by atoms with E-state index in [2.05, 4.69) is 10.6 Å². The van der Waals surface area contributed by atoms with Crippen molar-refractivity contribution >= 4 is 34.8 Å². The molecule has 21 heavy (non-hydrogen) atoms. The molecule has 0 bridgehead atoms. The summed E-state index contributed by atoms with van der Waals surface area (Å²) >= 11 is 5.96. The molecule has 0 spiro atoms. The highest BCUT2D eigenvalue weighted by Gasteiger charge is 2.11. The number of hydrogen-bond acceptors (Lipinski definition) is 3. The molecule has 0 aliphatic heterocycles. The lowest BCUT2D eigenvalue weighted by atomic mass is 10.1. The fraction of sp³-hybridized carbons (Fsp3) is 0.0667. The number of primary amides is 1. The van der Waals surface area contributed by atoms with Crippen LogP contribution in [0.2, 0.25) is 5.02 Å². The fourth-order valence-corrected chi connectivity index (χ4v) is 2.00. The Morgan fingerprint density at radius 2 is 1.76 bits per heavy atom. The van der Waals surface area contributed by atoms with Crippen molar-refractivity contribution in [2.45, 2.75) is 0 Å². The summed E-state index contributed by atoms with van der Waals surface area (Å²) in [6, 6.07) is 11.6. The molecule has 2 aromatic rings. The van der Waals surface area contributed by atoms with Crippen LogP contribution in [0.5, 0.6) is 0 Å². The molecule has 0 aliphatic carbocycles. The first kappa shape index (κ1) is 14.9. The molecular formula is C15H14ClN3O2. The number of nitrogens with two attached hydrogens (primary N) is 1. The lowest BCUT2D eigenvalue weighted by Crippen LogP contribution is -2.19. The van der Waals surface area contributed by atoms with Gasteiger partial charge in [0.15, 0.2) is 0 Å². The Kier molecular flexibility index (Phi) is 4.45. The Morgan fingerprint density at radius 3 is 2.33 bits per heavy atom. The lowest BCUT2D eigenvalue weighted by molar-refractivity contribution is 0.0962. The topological polar surface area (TPSA) is 84.2 Å². The Balaban J connectivity index is 2.32. The zero-order valence-electron chi connectivity index (χ0n) is 11.3. The maximum Gasteiger partial charge on any atom is 0.253 e. The number of hydrogen-bond donors (Lipinski definition) is 3. The molecule has 2 rings (SSSR count). The van der Waals surface area contributed by atoms with Crippen molar-refractivity contribution in [3.05, 3.63) is 58.6 Å². The predicted octanol–water partition coefficient (Wildman–Crippen LogP) is 2.54. The molecule has 0 radical (unpaired) electrons. The highest BCUT2D eigenvalue weighted by Crippen LogP contribution is 2.25. The smallest absolute Gasteiger partial charge is 0.253 e. The van der Waals surface area contributed by atoms with E-state index in [0.717, 1.165) is 0 Å². The van der Waals surface area contributed by atoms with E-state index in [-0.39, 0.29) is 5.91 Å². The normalized spacial score (nSPS) is 10.0. The molecule has 0 saturated carbocycles. The van der Waals surface area contributed by atoms with Gasteiger partial charge in [-0.15, -0.1) is 0 Å². The third kappa shape index (κ3) is 3.52. The van der Waals surface area contributed by atoms with E-state index in [1.54, 1.807) is 49.5 Å². The molecule has 6 heteroatoms. The van der Waals surface area contributed by atoms with Crippen molar-refractivity contribution < 1.29 is 9.59 Å². The van der Waals surface area contributed by atoms with Crippen molar-refractivity contribution in [3.63, 3.8) is 0 Å². The van der Waals surface area contributed by atoms with Crippen molar-refractivity contribution in [3.8, 4) is 0 Å². The van der Waals surface area contributed by atoms with Gasteiger partial charge >= 0.3 is 0 Å². The third-order valence-electron chi connectivity index (χ3n) is 2.90. The zero-order valence-corrected chi connectivity index (χ0v) is 12.1. The maximum absolute atomic E-state index is 11.8. The minimum absolute atomic E-state index is 0.220. The van der Waals surface area contributed by atoms with E-state index in [4.69, 9.17) is 17.3 Å². The summed E-state index contributed by atoms with van der Waals surface area (Å²) in [5, 5.41) is 6.18. The van der Waals surface area contributed by atoms with Crippen LogP contribution in [-0.2, 0) is 0 Å². The molecule has 0 aliphatic rings. The fourth-order valence-electron chi connectivity index (χ4n) is 1.83. The highest BCUT2D eigenvalue weighted by atomic mass is 35.5. The molecular weight excluding hydrogens is 290 g/mol. The number of carbonyl (C=O) groups is 2. The average molecular weight is 304 g/mol. The van der Waals surface area contributed by atoms with Gasteiger partial charge in [-0.1, -0.05) is 11.6 Å². The number of carbonyl (C=O) groups excluding carboxylic acids is 2. The van der Waals surface area contributed by atoms with Crippen LogP contribution in [-0.4, -0.2) is 18.9 Å². The second-order valence-electron chi connectivity index (χ2n) is 4.34. The summed E-state index contributed by atoms with van der Waals surface area (Å²) in [4.78, 5) is 22.9. The van der Waals surface area contributed by atoms with Crippen LogP contribution in [0.15, 0.2) is 42.5 Å². The van der Waals surface area contributed by atoms with E-state index in [0.29, 0.717) is 27.5 Å². The van der Waals surface area contributed by atoms with Gasteiger partial charge < -0.3 is 16.4 Å². The number of amides is 2. The van der Waals surface area contributed by atoms with Crippen LogP contribution in [0, 0.1) is 0 Å².